The minimum Gasteiger partial charge on any atom is -0.357 e. The van der Waals surface area contributed by atoms with Gasteiger partial charge in [-0.1, -0.05) is 0 Å². The van der Waals surface area contributed by atoms with Crippen LogP contribution in [0.3, 0.4) is 0 Å². The zero-order valence-corrected chi connectivity index (χ0v) is 18.7. The molecule has 0 atom stereocenters. The summed E-state index contributed by atoms with van der Waals surface area (Å²) >= 11 is 0. The molecule has 8 heteroatoms. The Bertz CT molecular complexity index is 576. The van der Waals surface area contributed by atoms with E-state index >= 15 is 0 Å². The number of aryl methyl sites for hydroxylation is 1. The molecule has 2 aliphatic rings. The number of hydrogen-bond acceptors (Lipinski definition) is 4. The molecule has 3 heterocycles. The molecule has 0 unspecified atom stereocenters. The van der Waals surface area contributed by atoms with Crippen LogP contribution in [0.15, 0.2) is 4.99 Å². The Labute approximate surface area is 174 Å². The molecule has 1 aromatic rings. The third-order valence-corrected chi connectivity index (χ3v) is 5.26. The van der Waals surface area contributed by atoms with Crippen molar-refractivity contribution >= 4 is 29.9 Å². The number of rotatable bonds is 5. The van der Waals surface area contributed by atoms with Crippen molar-refractivity contribution in [2.45, 2.75) is 78.0 Å². The maximum Gasteiger partial charge on any atom is 0.191 e. The third-order valence-electron chi connectivity index (χ3n) is 5.26. The van der Waals surface area contributed by atoms with Crippen molar-refractivity contribution < 1.29 is 0 Å². The monoisotopic (exact) mass is 475 g/mol. The first kappa shape index (κ1) is 21.4. The highest BCUT2D eigenvalue weighted by Crippen LogP contribution is 2.15. The van der Waals surface area contributed by atoms with Gasteiger partial charge in [0.1, 0.15) is 12.4 Å². The molecule has 1 aromatic heterocycles. The van der Waals surface area contributed by atoms with Crippen molar-refractivity contribution in [3.05, 3.63) is 11.6 Å². The lowest BCUT2D eigenvalue weighted by Gasteiger charge is -2.35. The summed E-state index contributed by atoms with van der Waals surface area (Å²) in [5.74, 6) is 3.01. The lowest BCUT2D eigenvalue weighted by molar-refractivity contribution is 0.167. The van der Waals surface area contributed by atoms with Gasteiger partial charge in [0, 0.05) is 44.7 Å². The zero-order valence-electron chi connectivity index (χ0n) is 16.4. The first-order valence-electron chi connectivity index (χ1n) is 9.87. The van der Waals surface area contributed by atoms with Crippen molar-refractivity contribution in [2.75, 3.05) is 19.6 Å². The summed E-state index contributed by atoms with van der Waals surface area (Å²) in [6.07, 6.45) is 5.82. The number of hydrogen-bond donors (Lipinski definition) is 2. The van der Waals surface area contributed by atoms with Crippen molar-refractivity contribution in [3.8, 4) is 0 Å². The first-order valence-corrected chi connectivity index (χ1v) is 9.87. The van der Waals surface area contributed by atoms with Gasteiger partial charge in [0.2, 0.25) is 0 Å². The number of halogens is 1. The van der Waals surface area contributed by atoms with Gasteiger partial charge in [-0.3, -0.25) is 0 Å². The van der Waals surface area contributed by atoms with E-state index in [1.165, 1.54) is 25.7 Å². The molecule has 0 bridgehead atoms. The molecule has 7 nitrogen and oxygen atoms in total. The Morgan fingerprint density at radius 1 is 1.19 bits per heavy atom. The Hall–Kier alpha value is -0.900. The van der Waals surface area contributed by atoms with E-state index in [1.54, 1.807) is 0 Å². The molecule has 1 fully saturated rings. The minimum absolute atomic E-state index is 0. The van der Waals surface area contributed by atoms with E-state index in [4.69, 9.17) is 4.99 Å². The quantitative estimate of drug-likeness (QED) is 0.388. The van der Waals surface area contributed by atoms with E-state index in [1.807, 2.05) is 0 Å². The molecule has 0 aromatic carbocycles. The summed E-state index contributed by atoms with van der Waals surface area (Å²) in [5, 5.41) is 15.7. The highest BCUT2D eigenvalue weighted by atomic mass is 127. The predicted octanol–water partition coefficient (Wildman–Crippen LogP) is 2.16. The summed E-state index contributed by atoms with van der Waals surface area (Å²) in [7, 11) is 0. The summed E-state index contributed by atoms with van der Waals surface area (Å²) in [6, 6.07) is 1.14. The SMILES string of the molecule is CCNC(=NCc1nnc2n1CCCC2)NC1CCN(C(C)C)CC1.I. The number of likely N-dealkylation sites (tertiary alicyclic amines) is 1. The van der Waals surface area contributed by atoms with Crippen molar-refractivity contribution in [1.82, 2.24) is 30.3 Å². The normalized spacial score (nSPS) is 19.2. The molecule has 1 saturated heterocycles. The second kappa shape index (κ2) is 10.4. The Kier molecular flexibility index (Phi) is 8.59. The van der Waals surface area contributed by atoms with Crippen LogP contribution in [-0.2, 0) is 19.5 Å². The van der Waals surface area contributed by atoms with Crippen LogP contribution in [0, 0.1) is 0 Å². The predicted molar refractivity (Wildman–Crippen MR) is 116 cm³/mol. The van der Waals surface area contributed by atoms with Gasteiger partial charge in [0.15, 0.2) is 11.8 Å². The minimum atomic E-state index is 0. The molecule has 3 rings (SSSR count). The lowest BCUT2D eigenvalue weighted by atomic mass is 10.0. The van der Waals surface area contributed by atoms with Crippen LogP contribution in [0.2, 0.25) is 0 Å². The number of nitrogens with zero attached hydrogens (tertiary/aromatic N) is 5. The van der Waals surface area contributed by atoms with Crippen molar-refractivity contribution in [1.29, 1.82) is 0 Å². The Balaban J connectivity index is 0.00000243. The Morgan fingerprint density at radius 2 is 1.96 bits per heavy atom. The van der Waals surface area contributed by atoms with Crippen LogP contribution in [0.4, 0.5) is 0 Å². The van der Waals surface area contributed by atoms with E-state index in [0.29, 0.717) is 18.6 Å². The Morgan fingerprint density at radius 3 is 2.65 bits per heavy atom. The van der Waals surface area contributed by atoms with E-state index in [0.717, 1.165) is 50.2 Å². The van der Waals surface area contributed by atoms with Crippen LogP contribution >= 0.6 is 24.0 Å². The van der Waals surface area contributed by atoms with Crippen LogP contribution in [0.25, 0.3) is 0 Å². The highest BCUT2D eigenvalue weighted by molar-refractivity contribution is 14.0. The van der Waals surface area contributed by atoms with Gasteiger partial charge in [0.05, 0.1) is 0 Å². The molecule has 2 aliphatic heterocycles. The topological polar surface area (TPSA) is 70.4 Å². The van der Waals surface area contributed by atoms with Gasteiger partial charge in [-0.15, -0.1) is 34.2 Å². The number of aromatic nitrogens is 3. The van der Waals surface area contributed by atoms with Gasteiger partial charge >= 0.3 is 0 Å². The van der Waals surface area contributed by atoms with Crippen LogP contribution in [0.1, 0.15) is 58.1 Å². The zero-order chi connectivity index (χ0) is 17.6. The third kappa shape index (κ3) is 5.55. The summed E-state index contributed by atoms with van der Waals surface area (Å²) in [6.45, 7) is 11.5. The van der Waals surface area contributed by atoms with Crippen LogP contribution in [-0.4, -0.2) is 57.3 Å². The van der Waals surface area contributed by atoms with Crippen molar-refractivity contribution in [3.63, 3.8) is 0 Å². The maximum atomic E-state index is 4.77. The fraction of sp³-hybridized carbons (Fsp3) is 0.833. The standard InChI is InChI=1S/C18H33N7.HI/c1-4-19-18(21-15-8-11-24(12-9-15)14(2)3)20-13-17-23-22-16-7-5-6-10-25(16)17;/h14-15H,4-13H2,1-3H3,(H2,19,20,21);1H. The van der Waals surface area contributed by atoms with E-state index in [-0.39, 0.29) is 24.0 Å². The molecule has 148 valence electrons. The molecule has 0 aliphatic carbocycles. The smallest absolute Gasteiger partial charge is 0.191 e. The van der Waals surface area contributed by atoms with E-state index in [2.05, 4.69) is 51.1 Å². The summed E-state index contributed by atoms with van der Waals surface area (Å²) < 4.78 is 2.25. The first-order chi connectivity index (χ1) is 12.2. The largest absolute Gasteiger partial charge is 0.357 e. The fourth-order valence-electron chi connectivity index (χ4n) is 3.71. The fourth-order valence-corrected chi connectivity index (χ4v) is 3.71. The van der Waals surface area contributed by atoms with E-state index in [9.17, 15) is 0 Å². The summed E-state index contributed by atoms with van der Waals surface area (Å²) in [5.41, 5.74) is 0. The number of piperidine rings is 1. The number of aliphatic imine (C=N–C) groups is 1. The molecule has 2 N–H and O–H groups in total. The number of nitrogens with one attached hydrogen (secondary N) is 2. The van der Waals surface area contributed by atoms with Gasteiger partial charge < -0.3 is 20.1 Å². The number of guanidine groups is 1. The summed E-state index contributed by atoms with van der Waals surface area (Å²) in [4.78, 5) is 7.32. The lowest BCUT2D eigenvalue weighted by Crippen LogP contribution is -2.49. The molecule has 26 heavy (non-hydrogen) atoms. The van der Waals surface area contributed by atoms with Gasteiger partial charge in [-0.25, -0.2) is 4.99 Å². The average Bonchev–Trinajstić information content (AvgIpc) is 3.03. The van der Waals surface area contributed by atoms with Gasteiger partial charge in [-0.05, 0) is 46.5 Å². The van der Waals surface area contributed by atoms with Crippen LogP contribution in [0.5, 0.6) is 0 Å². The average molecular weight is 475 g/mol. The second-order valence-corrected chi connectivity index (χ2v) is 7.38. The molecular formula is C18H34IN7. The van der Waals surface area contributed by atoms with Gasteiger partial charge in [-0.2, -0.15) is 0 Å². The highest BCUT2D eigenvalue weighted by Gasteiger charge is 2.21. The molecule has 0 spiro atoms. The molecule has 0 saturated carbocycles. The maximum absolute atomic E-state index is 4.77. The van der Waals surface area contributed by atoms with Crippen molar-refractivity contribution in [2.24, 2.45) is 4.99 Å². The van der Waals surface area contributed by atoms with Crippen LogP contribution < -0.4 is 10.6 Å². The van der Waals surface area contributed by atoms with Gasteiger partial charge in [0.25, 0.3) is 0 Å². The molecule has 0 radical (unpaired) electrons. The van der Waals surface area contributed by atoms with E-state index < -0.39 is 0 Å². The molecule has 0 amide bonds. The second-order valence-electron chi connectivity index (χ2n) is 7.38. The number of fused-ring (bicyclic) bond motifs is 1. The molecular weight excluding hydrogens is 441 g/mol.